The Morgan fingerprint density at radius 2 is 2.09 bits per heavy atom. The molecule has 0 spiro atoms. The van der Waals surface area contributed by atoms with E-state index in [-0.39, 0.29) is 12.8 Å². The maximum atomic E-state index is 10.6. The number of rotatable bonds is 5. The topological polar surface area (TPSA) is 75.6 Å². The molecule has 11 heavy (non-hydrogen) atoms. The quantitative estimate of drug-likeness (QED) is 0.553. The third kappa shape index (κ3) is 6.79. The van der Waals surface area contributed by atoms with Gasteiger partial charge in [0.25, 0.3) is 0 Å². The minimum absolute atomic E-state index is 0.0463. The zero-order valence-electron chi connectivity index (χ0n) is 6.29. The molecular weight excluding hydrogens is 150 g/mol. The van der Waals surface area contributed by atoms with Crippen molar-refractivity contribution < 1.29 is 19.5 Å². The number of carboxylic acid groups (broad SMARTS) is 1. The van der Waals surface area contributed by atoms with E-state index in [1.54, 1.807) is 6.92 Å². The van der Waals surface area contributed by atoms with Crippen LogP contribution in [0.5, 0.6) is 0 Å². The molecule has 0 aromatic heterocycles. The Morgan fingerprint density at radius 3 is 2.55 bits per heavy atom. The number of aliphatic carboxylic acids is 1. The Balaban J connectivity index is 3.30. The van der Waals surface area contributed by atoms with Crippen molar-refractivity contribution in [3.05, 3.63) is 0 Å². The molecule has 0 saturated heterocycles. The Bertz CT molecular complexity index is 146. The normalized spacial score (nSPS) is 9.18. The summed E-state index contributed by atoms with van der Waals surface area (Å²) in [7, 11) is 0. The van der Waals surface area contributed by atoms with Crippen molar-refractivity contribution in [2.24, 2.45) is 0 Å². The van der Waals surface area contributed by atoms with E-state index in [9.17, 15) is 9.59 Å². The predicted molar refractivity (Wildman–Crippen MR) is 36.6 cm³/mol. The van der Waals surface area contributed by atoms with E-state index >= 15 is 0 Å². The second-order valence-corrected chi connectivity index (χ2v) is 1.85. The molecule has 5 heteroatoms. The molecule has 0 aromatic rings. The summed E-state index contributed by atoms with van der Waals surface area (Å²) >= 11 is 0. The smallest absolute Gasteiger partial charge is 0.303 e. The molecule has 0 aliphatic heterocycles. The molecular formula is C6H11NO4. The molecule has 0 fully saturated rings. The highest BCUT2D eigenvalue weighted by molar-refractivity contribution is 5.79. The lowest BCUT2D eigenvalue weighted by molar-refractivity contribution is -0.141. The van der Waals surface area contributed by atoms with Gasteiger partial charge in [-0.3, -0.25) is 14.4 Å². The van der Waals surface area contributed by atoms with E-state index < -0.39 is 11.9 Å². The van der Waals surface area contributed by atoms with Gasteiger partial charge in [0, 0.05) is 6.42 Å². The summed E-state index contributed by atoms with van der Waals surface area (Å²) in [6.07, 6.45) is -0.214. The average Bonchev–Trinajstić information content (AvgIpc) is 1.97. The summed E-state index contributed by atoms with van der Waals surface area (Å²) in [5, 5.41) is 8.17. The van der Waals surface area contributed by atoms with Crippen LogP contribution in [0.25, 0.3) is 0 Å². The molecule has 0 atom stereocenters. The molecule has 5 nitrogen and oxygen atoms in total. The van der Waals surface area contributed by atoms with E-state index in [0.29, 0.717) is 6.61 Å². The van der Waals surface area contributed by atoms with Crippen LogP contribution in [0.1, 0.15) is 19.8 Å². The van der Waals surface area contributed by atoms with Crippen LogP contribution in [0.2, 0.25) is 0 Å². The highest BCUT2D eigenvalue weighted by Crippen LogP contribution is 1.87. The molecule has 1 amide bonds. The molecule has 0 heterocycles. The van der Waals surface area contributed by atoms with E-state index in [4.69, 9.17) is 5.11 Å². The molecule has 64 valence electrons. The first-order chi connectivity index (χ1) is 5.16. The van der Waals surface area contributed by atoms with Gasteiger partial charge in [-0.1, -0.05) is 0 Å². The van der Waals surface area contributed by atoms with Crippen molar-refractivity contribution in [3.63, 3.8) is 0 Å². The minimum Gasteiger partial charge on any atom is -0.481 e. The standard InChI is InChI=1S/C6H11NO4/c1-2-11-7-5(8)3-4-6(9)10/h2-4H2,1H3,(H,7,8)(H,9,10). The fourth-order valence-corrected chi connectivity index (χ4v) is 0.424. The van der Waals surface area contributed by atoms with Gasteiger partial charge in [0.15, 0.2) is 0 Å². The van der Waals surface area contributed by atoms with Crippen LogP contribution in [-0.4, -0.2) is 23.6 Å². The molecule has 0 radical (unpaired) electrons. The molecule has 0 rings (SSSR count). The number of carbonyl (C=O) groups excluding carboxylic acids is 1. The zero-order chi connectivity index (χ0) is 8.69. The Morgan fingerprint density at radius 1 is 1.45 bits per heavy atom. The van der Waals surface area contributed by atoms with Crippen molar-refractivity contribution >= 4 is 11.9 Å². The van der Waals surface area contributed by atoms with Gasteiger partial charge in [0.2, 0.25) is 5.91 Å². The molecule has 0 unspecified atom stereocenters. The van der Waals surface area contributed by atoms with Crippen LogP contribution in [0.3, 0.4) is 0 Å². The maximum Gasteiger partial charge on any atom is 0.303 e. The van der Waals surface area contributed by atoms with Crippen molar-refractivity contribution in [1.29, 1.82) is 0 Å². The first kappa shape index (κ1) is 9.90. The van der Waals surface area contributed by atoms with Crippen molar-refractivity contribution in [1.82, 2.24) is 5.48 Å². The minimum atomic E-state index is -0.989. The maximum absolute atomic E-state index is 10.6. The van der Waals surface area contributed by atoms with Gasteiger partial charge < -0.3 is 5.11 Å². The third-order valence-electron chi connectivity index (χ3n) is 0.896. The number of hydroxylamine groups is 1. The largest absolute Gasteiger partial charge is 0.481 e. The number of amides is 1. The predicted octanol–water partition coefficient (Wildman–Crippen LogP) is -0.0811. The van der Waals surface area contributed by atoms with E-state index in [1.165, 1.54) is 0 Å². The monoisotopic (exact) mass is 161 g/mol. The molecule has 2 N–H and O–H groups in total. The van der Waals surface area contributed by atoms with E-state index in [0.717, 1.165) is 0 Å². The van der Waals surface area contributed by atoms with Crippen molar-refractivity contribution in [2.75, 3.05) is 6.61 Å². The first-order valence-electron chi connectivity index (χ1n) is 3.29. The third-order valence-corrected chi connectivity index (χ3v) is 0.896. The second-order valence-electron chi connectivity index (χ2n) is 1.85. The van der Waals surface area contributed by atoms with Crippen LogP contribution in [0.15, 0.2) is 0 Å². The summed E-state index contributed by atoms with van der Waals surface area (Å²) < 4.78 is 0. The molecule has 0 aromatic carbocycles. The van der Waals surface area contributed by atoms with Gasteiger partial charge in [-0.25, -0.2) is 5.48 Å². The molecule has 0 aliphatic carbocycles. The lowest BCUT2D eigenvalue weighted by Gasteiger charge is -2.00. The zero-order valence-corrected chi connectivity index (χ0v) is 6.29. The highest BCUT2D eigenvalue weighted by atomic mass is 16.6. The van der Waals surface area contributed by atoms with Gasteiger partial charge in [-0.15, -0.1) is 0 Å². The van der Waals surface area contributed by atoms with Crippen molar-refractivity contribution in [2.45, 2.75) is 19.8 Å². The summed E-state index contributed by atoms with van der Waals surface area (Å²) in [6.45, 7) is 2.09. The summed E-state index contributed by atoms with van der Waals surface area (Å²) in [4.78, 5) is 25.1. The molecule has 0 saturated carbocycles. The van der Waals surface area contributed by atoms with Gasteiger partial charge in [-0.05, 0) is 6.92 Å². The molecule has 0 aliphatic rings. The second kappa shape index (κ2) is 5.67. The van der Waals surface area contributed by atoms with Gasteiger partial charge >= 0.3 is 5.97 Å². The van der Waals surface area contributed by atoms with Gasteiger partial charge in [0.05, 0.1) is 13.0 Å². The lowest BCUT2D eigenvalue weighted by Crippen LogP contribution is -2.23. The summed E-state index contributed by atoms with van der Waals surface area (Å²) in [6, 6.07) is 0. The lowest BCUT2D eigenvalue weighted by atomic mass is 10.3. The van der Waals surface area contributed by atoms with Crippen LogP contribution in [0, 0.1) is 0 Å². The Labute approximate surface area is 64.3 Å². The number of carboxylic acids is 1. The van der Waals surface area contributed by atoms with Crippen LogP contribution in [0.4, 0.5) is 0 Å². The van der Waals surface area contributed by atoms with Crippen molar-refractivity contribution in [3.8, 4) is 0 Å². The van der Waals surface area contributed by atoms with Gasteiger partial charge in [0.1, 0.15) is 0 Å². The Kier molecular flexibility index (Phi) is 5.10. The van der Waals surface area contributed by atoms with E-state index in [2.05, 4.69) is 10.3 Å². The summed E-state index contributed by atoms with van der Waals surface area (Å²) in [5.41, 5.74) is 2.09. The molecule has 0 bridgehead atoms. The SMILES string of the molecule is CCONC(=O)CCC(=O)O. The number of carbonyl (C=O) groups is 2. The van der Waals surface area contributed by atoms with Crippen LogP contribution >= 0.6 is 0 Å². The van der Waals surface area contributed by atoms with E-state index in [1.807, 2.05) is 0 Å². The van der Waals surface area contributed by atoms with Gasteiger partial charge in [-0.2, -0.15) is 0 Å². The number of nitrogens with one attached hydrogen (secondary N) is 1. The average molecular weight is 161 g/mol. The number of hydrogen-bond donors (Lipinski definition) is 2. The number of hydrogen-bond acceptors (Lipinski definition) is 3. The van der Waals surface area contributed by atoms with Crippen LogP contribution in [-0.2, 0) is 14.4 Å². The fourth-order valence-electron chi connectivity index (χ4n) is 0.424. The summed E-state index contributed by atoms with van der Waals surface area (Å²) in [5.74, 6) is -1.40. The Hall–Kier alpha value is -1.10. The first-order valence-corrected chi connectivity index (χ1v) is 3.29. The highest BCUT2D eigenvalue weighted by Gasteiger charge is 2.03. The van der Waals surface area contributed by atoms with Crippen LogP contribution < -0.4 is 5.48 Å². The fraction of sp³-hybridized carbons (Fsp3) is 0.667.